The minimum Gasteiger partial charge on any atom is -0.497 e. The average Bonchev–Trinajstić information content (AvgIpc) is 2.36. The van der Waals surface area contributed by atoms with Gasteiger partial charge in [-0.2, -0.15) is 0 Å². The predicted molar refractivity (Wildman–Crippen MR) is 79.2 cm³/mol. The zero-order valence-corrected chi connectivity index (χ0v) is 12.8. The molecule has 1 heterocycles. The summed E-state index contributed by atoms with van der Waals surface area (Å²) in [5.74, 6) is 0.864. The van der Waals surface area contributed by atoms with Crippen LogP contribution in [0.2, 0.25) is 0 Å². The van der Waals surface area contributed by atoms with Crippen LogP contribution in [-0.2, 0) is 9.47 Å². The van der Waals surface area contributed by atoms with Gasteiger partial charge in [-0.15, -0.1) is 0 Å². The molecule has 0 amide bonds. The van der Waals surface area contributed by atoms with Gasteiger partial charge in [0.15, 0.2) is 0 Å². The Kier molecular flexibility index (Phi) is 5.02. The Morgan fingerprint density at radius 1 is 1.25 bits per heavy atom. The first-order chi connectivity index (χ1) is 9.48. The molecule has 0 aromatic heterocycles. The third kappa shape index (κ3) is 4.47. The van der Waals surface area contributed by atoms with Gasteiger partial charge in [-0.25, -0.2) is 0 Å². The minimum atomic E-state index is 0.0361. The number of hydrogen-bond acceptors (Lipinski definition) is 4. The van der Waals surface area contributed by atoms with Crippen LogP contribution in [-0.4, -0.2) is 38.5 Å². The summed E-state index contributed by atoms with van der Waals surface area (Å²) >= 11 is 0. The van der Waals surface area contributed by atoms with Crippen molar-refractivity contribution in [2.45, 2.75) is 38.5 Å². The van der Waals surface area contributed by atoms with Crippen molar-refractivity contribution in [3.05, 3.63) is 29.8 Å². The second kappa shape index (κ2) is 6.57. The van der Waals surface area contributed by atoms with Gasteiger partial charge in [-0.3, -0.25) is 0 Å². The number of methoxy groups -OCH3 is 1. The number of nitrogens with one attached hydrogen (secondary N) is 1. The van der Waals surface area contributed by atoms with Gasteiger partial charge in [0.05, 0.1) is 26.4 Å². The number of hydrogen-bond donors (Lipinski definition) is 1. The molecule has 1 aromatic rings. The van der Waals surface area contributed by atoms with E-state index in [9.17, 15) is 0 Å². The second-order valence-corrected chi connectivity index (χ2v) is 6.19. The molecule has 4 nitrogen and oxygen atoms in total. The fourth-order valence-corrected chi connectivity index (χ4v) is 1.99. The molecule has 0 spiro atoms. The molecule has 0 aliphatic carbocycles. The molecule has 20 heavy (non-hydrogen) atoms. The first kappa shape index (κ1) is 15.3. The van der Waals surface area contributed by atoms with Gasteiger partial charge in [0, 0.05) is 12.1 Å². The van der Waals surface area contributed by atoms with Gasteiger partial charge in [0.2, 0.25) is 0 Å². The van der Waals surface area contributed by atoms with E-state index >= 15 is 0 Å². The molecular formula is C16H25NO3. The summed E-state index contributed by atoms with van der Waals surface area (Å²) < 4.78 is 16.5. The van der Waals surface area contributed by atoms with Crippen molar-refractivity contribution in [3.8, 4) is 5.75 Å². The summed E-state index contributed by atoms with van der Waals surface area (Å²) in [6, 6.07) is 8.07. The molecule has 0 radical (unpaired) electrons. The Hall–Kier alpha value is -1.10. The van der Waals surface area contributed by atoms with Crippen molar-refractivity contribution < 1.29 is 14.2 Å². The fourth-order valence-electron chi connectivity index (χ4n) is 1.99. The first-order valence-corrected chi connectivity index (χ1v) is 7.10. The molecule has 1 aliphatic heterocycles. The maximum absolute atomic E-state index is 6.11. The Morgan fingerprint density at radius 2 is 1.90 bits per heavy atom. The third-order valence-electron chi connectivity index (χ3n) is 3.27. The van der Waals surface area contributed by atoms with Crippen molar-refractivity contribution in [3.63, 3.8) is 0 Å². The molecule has 1 aromatic carbocycles. The van der Waals surface area contributed by atoms with Crippen LogP contribution >= 0.6 is 0 Å². The molecule has 112 valence electrons. The monoisotopic (exact) mass is 279 g/mol. The standard InChI is InChI=1S/C16H25NO3/c1-16(2,3)17-9-15(20-14-10-19-11-14)12-5-7-13(18-4)8-6-12/h5-8,14-15,17H,9-11H2,1-4H3. The summed E-state index contributed by atoms with van der Waals surface area (Å²) in [7, 11) is 1.68. The van der Waals surface area contributed by atoms with Crippen LogP contribution in [0, 0.1) is 0 Å². The lowest BCUT2D eigenvalue weighted by molar-refractivity contribution is -0.155. The fraction of sp³-hybridized carbons (Fsp3) is 0.625. The van der Waals surface area contributed by atoms with Crippen LogP contribution in [0.1, 0.15) is 32.4 Å². The molecule has 1 unspecified atom stereocenters. The quantitative estimate of drug-likeness (QED) is 0.868. The average molecular weight is 279 g/mol. The highest BCUT2D eigenvalue weighted by molar-refractivity contribution is 5.28. The van der Waals surface area contributed by atoms with Crippen molar-refractivity contribution in [2.24, 2.45) is 0 Å². The molecule has 1 aliphatic rings. The van der Waals surface area contributed by atoms with E-state index in [1.165, 1.54) is 0 Å². The van der Waals surface area contributed by atoms with Gasteiger partial charge in [0.25, 0.3) is 0 Å². The normalized spacial score (nSPS) is 17.6. The van der Waals surface area contributed by atoms with Crippen molar-refractivity contribution in [2.75, 3.05) is 26.9 Å². The Balaban J connectivity index is 2.02. The minimum absolute atomic E-state index is 0.0361. The lowest BCUT2D eigenvalue weighted by atomic mass is 10.1. The number of benzene rings is 1. The largest absolute Gasteiger partial charge is 0.497 e. The van der Waals surface area contributed by atoms with E-state index in [4.69, 9.17) is 14.2 Å². The summed E-state index contributed by atoms with van der Waals surface area (Å²) in [5, 5.41) is 3.51. The number of rotatable bonds is 6. The van der Waals surface area contributed by atoms with Crippen LogP contribution in [0.3, 0.4) is 0 Å². The molecule has 0 bridgehead atoms. The Morgan fingerprint density at radius 3 is 2.35 bits per heavy atom. The Labute approximate surface area is 121 Å². The Bertz CT molecular complexity index is 407. The first-order valence-electron chi connectivity index (χ1n) is 7.10. The van der Waals surface area contributed by atoms with Crippen molar-refractivity contribution >= 4 is 0 Å². The third-order valence-corrected chi connectivity index (χ3v) is 3.27. The zero-order chi connectivity index (χ0) is 14.6. The van der Waals surface area contributed by atoms with E-state index in [0.717, 1.165) is 17.9 Å². The van der Waals surface area contributed by atoms with Crippen LogP contribution in [0.5, 0.6) is 5.75 Å². The van der Waals surface area contributed by atoms with Crippen molar-refractivity contribution in [1.29, 1.82) is 0 Å². The van der Waals surface area contributed by atoms with Gasteiger partial charge < -0.3 is 19.5 Å². The van der Waals surface area contributed by atoms with E-state index in [0.29, 0.717) is 13.2 Å². The molecule has 1 N–H and O–H groups in total. The highest BCUT2D eigenvalue weighted by Crippen LogP contribution is 2.24. The maximum Gasteiger partial charge on any atom is 0.118 e. The molecule has 0 saturated carbocycles. The molecule has 2 rings (SSSR count). The van der Waals surface area contributed by atoms with E-state index in [-0.39, 0.29) is 17.7 Å². The predicted octanol–water partition coefficient (Wildman–Crippen LogP) is 2.54. The van der Waals surface area contributed by atoms with Gasteiger partial charge in [0.1, 0.15) is 11.9 Å². The van der Waals surface area contributed by atoms with Gasteiger partial charge in [-0.1, -0.05) is 12.1 Å². The van der Waals surface area contributed by atoms with Gasteiger partial charge >= 0.3 is 0 Å². The lowest BCUT2D eigenvalue weighted by Crippen LogP contribution is -2.42. The molecule has 1 fully saturated rings. The molecule has 4 heteroatoms. The van der Waals surface area contributed by atoms with Crippen LogP contribution in [0.15, 0.2) is 24.3 Å². The van der Waals surface area contributed by atoms with Crippen molar-refractivity contribution in [1.82, 2.24) is 5.32 Å². The zero-order valence-electron chi connectivity index (χ0n) is 12.8. The topological polar surface area (TPSA) is 39.7 Å². The van der Waals surface area contributed by atoms with E-state index in [1.807, 2.05) is 12.1 Å². The summed E-state index contributed by atoms with van der Waals surface area (Å²) in [5.41, 5.74) is 1.24. The van der Waals surface area contributed by atoms with Gasteiger partial charge in [-0.05, 0) is 38.5 Å². The van der Waals surface area contributed by atoms with E-state index in [1.54, 1.807) is 7.11 Å². The van der Waals surface area contributed by atoms with Crippen LogP contribution in [0.25, 0.3) is 0 Å². The highest BCUT2D eigenvalue weighted by Gasteiger charge is 2.25. The summed E-state index contributed by atoms with van der Waals surface area (Å²) in [6.45, 7) is 8.65. The second-order valence-electron chi connectivity index (χ2n) is 6.19. The van der Waals surface area contributed by atoms with E-state index in [2.05, 4.69) is 38.2 Å². The highest BCUT2D eigenvalue weighted by atomic mass is 16.6. The maximum atomic E-state index is 6.11. The molecule has 1 atom stereocenters. The van der Waals surface area contributed by atoms with E-state index < -0.39 is 0 Å². The summed E-state index contributed by atoms with van der Waals surface area (Å²) in [4.78, 5) is 0. The molecular weight excluding hydrogens is 254 g/mol. The summed E-state index contributed by atoms with van der Waals surface area (Å²) in [6.07, 6.45) is 0.248. The number of ether oxygens (including phenoxy) is 3. The van der Waals surface area contributed by atoms with Crippen LogP contribution < -0.4 is 10.1 Å². The SMILES string of the molecule is COc1ccc(C(CNC(C)(C)C)OC2COC2)cc1. The smallest absolute Gasteiger partial charge is 0.118 e. The lowest BCUT2D eigenvalue weighted by Gasteiger charge is -2.32. The molecule has 1 saturated heterocycles. The van der Waals surface area contributed by atoms with Crippen LogP contribution in [0.4, 0.5) is 0 Å².